The predicted octanol–water partition coefficient (Wildman–Crippen LogP) is 10.0. The normalized spacial score (nSPS) is 18.9. The molecule has 7 heteroatoms. The third kappa shape index (κ3) is 5.95. The van der Waals surface area contributed by atoms with Crippen molar-refractivity contribution in [1.82, 2.24) is 0 Å². The van der Waals surface area contributed by atoms with E-state index in [4.69, 9.17) is 9.78 Å². The maximum atomic E-state index is 11.9. The van der Waals surface area contributed by atoms with Gasteiger partial charge in [0.15, 0.2) is 11.5 Å². The topological polar surface area (TPSA) is 65.3 Å². The number of allylic oxidation sites excluding steroid dienone is 7. The van der Waals surface area contributed by atoms with Crippen LogP contribution < -0.4 is 14.7 Å². The number of aromatic carboxylic acids is 1. The second-order valence-electron chi connectivity index (χ2n) is 14.7. The molecule has 2 heterocycles. The highest BCUT2D eigenvalue weighted by Gasteiger charge is 2.44. The lowest BCUT2D eigenvalue weighted by atomic mass is 9.81. The largest absolute Gasteiger partial charge is 0.478 e. The van der Waals surface area contributed by atoms with Crippen molar-refractivity contribution < 1.29 is 24.3 Å². The van der Waals surface area contributed by atoms with Gasteiger partial charge in [0.1, 0.15) is 7.05 Å². The van der Waals surface area contributed by atoms with Crippen LogP contribution in [0.2, 0.25) is 0 Å². The SMILES string of the molecule is COOc1ccc2c(c1)C(C)(C)C(/C=C/C1=C(N(c3ccccc3)c3ccccc3)C(=C/C=C3\N(C)c4ccc(C(=O)O)cc4C3(C)C)/CC1)=[N+]2C. The molecule has 4 aromatic carbocycles. The zero-order valence-corrected chi connectivity index (χ0v) is 31.0. The maximum Gasteiger partial charge on any atom is 0.335 e. The Labute approximate surface area is 306 Å². The van der Waals surface area contributed by atoms with Gasteiger partial charge in [0.2, 0.25) is 5.69 Å². The number of carboxylic acid groups (broad SMARTS) is 1. The van der Waals surface area contributed by atoms with E-state index in [2.05, 4.69) is 153 Å². The lowest BCUT2D eigenvalue weighted by molar-refractivity contribution is -0.401. The molecule has 1 N–H and O–H groups in total. The van der Waals surface area contributed by atoms with Gasteiger partial charge in [-0.05, 0) is 104 Å². The third-order valence-electron chi connectivity index (χ3n) is 10.9. The molecule has 0 saturated heterocycles. The van der Waals surface area contributed by atoms with Gasteiger partial charge in [0.25, 0.3) is 0 Å². The first-order chi connectivity index (χ1) is 24.9. The van der Waals surface area contributed by atoms with Gasteiger partial charge in [0.05, 0.1) is 23.8 Å². The van der Waals surface area contributed by atoms with Crippen LogP contribution in [0.1, 0.15) is 62.0 Å². The van der Waals surface area contributed by atoms with E-state index in [9.17, 15) is 9.90 Å². The van der Waals surface area contributed by atoms with E-state index in [0.717, 1.165) is 46.9 Å². The van der Waals surface area contributed by atoms with Gasteiger partial charge in [-0.15, -0.1) is 0 Å². The Hall–Kier alpha value is -5.66. The van der Waals surface area contributed by atoms with Crippen molar-refractivity contribution in [2.24, 2.45) is 0 Å². The Balaban J connectivity index is 1.36. The Kier molecular flexibility index (Phi) is 9.01. The van der Waals surface area contributed by atoms with E-state index < -0.39 is 5.97 Å². The number of hydrogen-bond acceptors (Lipinski definition) is 5. The summed E-state index contributed by atoms with van der Waals surface area (Å²) in [4.78, 5) is 26.8. The lowest BCUT2D eigenvalue weighted by Crippen LogP contribution is -2.26. The standard InChI is InChI=1S/C45H45N3O4/c1-44(2)36-28-32(43(49)50)20-24-38(36)46(5)40(44)26-21-30-18-19-31(42(30)48(33-14-10-8-11-15-33)34-16-12-9-13-17-34)22-27-41-45(3,4)37-29-35(52-51-7)23-25-39(37)47(41)6/h8-17,20-29H,18-19H2,1-7H3/p+1. The molecule has 7 nitrogen and oxygen atoms in total. The van der Waals surface area contributed by atoms with E-state index >= 15 is 0 Å². The molecule has 0 atom stereocenters. The van der Waals surface area contributed by atoms with Crippen LogP contribution in [0.5, 0.6) is 5.75 Å². The monoisotopic (exact) mass is 692 g/mol. The molecule has 0 radical (unpaired) electrons. The van der Waals surface area contributed by atoms with E-state index in [1.54, 1.807) is 6.07 Å². The van der Waals surface area contributed by atoms with E-state index in [1.165, 1.54) is 35.2 Å². The second-order valence-corrected chi connectivity index (χ2v) is 14.7. The highest BCUT2D eigenvalue weighted by Crippen LogP contribution is 2.48. The van der Waals surface area contributed by atoms with Crippen molar-refractivity contribution >= 4 is 34.4 Å². The van der Waals surface area contributed by atoms with Gasteiger partial charge in [-0.3, -0.25) is 0 Å². The molecule has 0 bridgehead atoms. The molecule has 0 saturated carbocycles. The number of benzene rings is 4. The van der Waals surface area contributed by atoms with E-state index in [0.29, 0.717) is 11.3 Å². The number of rotatable bonds is 9. The zero-order chi connectivity index (χ0) is 36.8. The van der Waals surface area contributed by atoms with Crippen molar-refractivity contribution in [2.45, 2.75) is 51.4 Å². The van der Waals surface area contributed by atoms with Crippen molar-refractivity contribution in [2.75, 3.05) is 31.0 Å². The Morgan fingerprint density at radius 2 is 1.50 bits per heavy atom. The molecule has 7 rings (SSSR count). The fourth-order valence-electron chi connectivity index (χ4n) is 8.18. The maximum absolute atomic E-state index is 11.9. The Morgan fingerprint density at radius 3 is 2.13 bits per heavy atom. The molecule has 2 aliphatic heterocycles. The molecule has 0 spiro atoms. The average molecular weight is 693 g/mol. The fourth-order valence-corrected chi connectivity index (χ4v) is 8.18. The second kappa shape index (κ2) is 13.5. The van der Waals surface area contributed by atoms with Crippen LogP contribution in [0.4, 0.5) is 22.7 Å². The summed E-state index contributed by atoms with van der Waals surface area (Å²) in [6, 6.07) is 32.7. The first-order valence-electron chi connectivity index (χ1n) is 17.7. The quantitative estimate of drug-likeness (QED) is 0.107. The number of carboxylic acids is 1. The highest BCUT2D eigenvalue weighted by atomic mass is 17.2. The smallest absolute Gasteiger partial charge is 0.335 e. The molecule has 0 unspecified atom stereocenters. The summed E-state index contributed by atoms with van der Waals surface area (Å²) in [5.74, 6) is -0.233. The molecule has 4 aromatic rings. The van der Waals surface area contributed by atoms with Crippen LogP contribution in [0.15, 0.2) is 144 Å². The van der Waals surface area contributed by atoms with Gasteiger partial charge in [0, 0.05) is 52.9 Å². The molecular weight excluding hydrogens is 647 g/mol. The summed E-state index contributed by atoms with van der Waals surface area (Å²) in [7, 11) is 5.72. The van der Waals surface area contributed by atoms with Gasteiger partial charge >= 0.3 is 5.97 Å². The van der Waals surface area contributed by atoms with Gasteiger partial charge < -0.3 is 19.8 Å². The predicted molar refractivity (Wildman–Crippen MR) is 209 cm³/mol. The van der Waals surface area contributed by atoms with Crippen LogP contribution in [0.3, 0.4) is 0 Å². The number of anilines is 3. The summed E-state index contributed by atoms with van der Waals surface area (Å²) < 4.78 is 2.27. The number of hydrogen-bond donors (Lipinski definition) is 1. The van der Waals surface area contributed by atoms with Gasteiger partial charge in [-0.1, -0.05) is 62.4 Å². The van der Waals surface area contributed by atoms with Crippen LogP contribution in [0.25, 0.3) is 0 Å². The minimum atomic E-state index is -0.914. The van der Waals surface area contributed by atoms with Crippen molar-refractivity contribution in [1.29, 1.82) is 0 Å². The number of para-hydroxylation sites is 2. The van der Waals surface area contributed by atoms with Crippen molar-refractivity contribution in [3.8, 4) is 5.75 Å². The number of nitrogens with zero attached hydrogens (tertiary/aromatic N) is 3. The average Bonchev–Trinajstić information content (AvgIpc) is 3.68. The molecule has 0 aromatic heterocycles. The summed E-state index contributed by atoms with van der Waals surface area (Å²) in [6.07, 6.45) is 10.9. The Morgan fingerprint density at radius 1 is 0.827 bits per heavy atom. The fraction of sp³-hybridized carbons (Fsp3) is 0.244. The summed E-state index contributed by atoms with van der Waals surface area (Å²) in [5.41, 5.74) is 12.2. The number of carbonyl (C=O) groups is 1. The molecule has 0 fully saturated rings. The molecular formula is C45H46N3O4+. The van der Waals surface area contributed by atoms with Crippen molar-refractivity contribution in [3.63, 3.8) is 0 Å². The Bertz CT molecular complexity index is 2170. The number of likely N-dealkylation sites (N-methyl/N-ethyl adjacent to an activating group) is 1. The summed E-state index contributed by atoms with van der Waals surface area (Å²) in [6.45, 7) is 8.85. The first-order valence-corrected chi connectivity index (χ1v) is 17.7. The molecule has 3 aliphatic rings. The van der Waals surface area contributed by atoms with Crippen LogP contribution >= 0.6 is 0 Å². The van der Waals surface area contributed by atoms with E-state index in [1.807, 2.05) is 18.2 Å². The van der Waals surface area contributed by atoms with Gasteiger partial charge in [-0.25, -0.2) is 4.79 Å². The minimum Gasteiger partial charge on any atom is -0.478 e. The zero-order valence-electron chi connectivity index (χ0n) is 31.0. The lowest BCUT2D eigenvalue weighted by Gasteiger charge is -2.29. The van der Waals surface area contributed by atoms with Crippen LogP contribution in [0, 0.1) is 0 Å². The minimum absolute atomic E-state index is 0.261. The van der Waals surface area contributed by atoms with Gasteiger partial charge in [-0.2, -0.15) is 9.46 Å². The van der Waals surface area contributed by atoms with Crippen LogP contribution in [-0.4, -0.2) is 42.6 Å². The molecule has 1 aliphatic carbocycles. The number of fused-ring (bicyclic) bond motifs is 2. The third-order valence-corrected chi connectivity index (χ3v) is 10.9. The van der Waals surface area contributed by atoms with E-state index in [-0.39, 0.29) is 10.8 Å². The summed E-state index contributed by atoms with van der Waals surface area (Å²) in [5, 5.41) is 9.72. The van der Waals surface area contributed by atoms with Crippen LogP contribution in [-0.2, 0) is 15.7 Å². The highest BCUT2D eigenvalue weighted by molar-refractivity contribution is 6.03. The molecule has 52 heavy (non-hydrogen) atoms. The molecule has 0 amide bonds. The summed E-state index contributed by atoms with van der Waals surface area (Å²) >= 11 is 0. The molecule has 264 valence electrons. The first kappa shape index (κ1) is 34.8. The van der Waals surface area contributed by atoms with Crippen molar-refractivity contribution in [3.05, 3.63) is 161 Å².